The Kier molecular flexibility index (Phi) is 2.88. The zero-order chi connectivity index (χ0) is 18.4. The first-order chi connectivity index (χ1) is 11.6. The molecule has 1 aliphatic heterocycles. The fourth-order valence-electron chi connectivity index (χ4n) is 5.15. The highest BCUT2D eigenvalue weighted by Gasteiger charge is 2.78. The van der Waals surface area contributed by atoms with Crippen LogP contribution in [0.5, 0.6) is 0 Å². The highest BCUT2D eigenvalue weighted by Crippen LogP contribution is 2.66. The molecule has 132 valence electrons. The van der Waals surface area contributed by atoms with E-state index in [0.717, 1.165) is 17.5 Å². The van der Waals surface area contributed by atoms with Crippen LogP contribution < -0.4 is 0 Å². The zero-order valence-electron chi connectivity index (χ0n) is 14.0. The Morgan fingerprint density at radius 1 is 1.12 bits per heavy atom. The third-order valence-electron chi connectivity index (χ3n) is 6.10. The Labute approximate surface area is 142 Å². The van der Waals surface area contributed by atoms with Crippen LogP contribution in [0.25, 0.3) is 0 Å². The van der Waals surface area contributed by atoms with Crippen LogP contribution in [0.4, 0.5) is 18.0 Å². The number of hydrogen-bond donors (Lipinski definition) is 0. The minimum atomic E-state index is -4.80. The standard InChI is InChI=1S/C18H17F3N2O2/c1-16-9-8-12(10-6-4-5-7-11(10)16)17(18(19,20)21)13(16)22(2)15(25)23(3)14(17)24/h4-9,12-13H,1-3H3/t12-,13-,16+,17-/m1/s1. The van der Waals surface area contributed by atoms with E-state index in [2.05, 4.69) is 0 Å². The quantitative estimate of drug-likeness (QED) is 0.675. The molecule has 0 unspecified atom stereocenters. The molecule has 0 saturated carbocycles. The van der Waals surface area contributed by atoms with Crippen molar-refractivity contribution in [3.63, 3.8) is 0 Å². The van der Waals surface area contributed by atoms with Crippen LogP contribution >= 0.6 is 0 Å². The summed E-state index contributed by atoms with van der Waals surface area (Å²) in [5.74, 6) is -2.33. The third-order valence-corrected chi connectivity index (χ3v) is 6.10. The number of rotatable bonds is 0. The predicted molar refractivity (Wildman–Crippen MR) is 83.9 cm³/mol. The van der Waals surface area contributed by atoms with E-state index < -0.39 is 40.9 Å². The van der Waals surface area contributed by atoms with E-state index >= 15 is 0 Å². The molecule has 7 heteroatoms. The lowest BCUT2D eigenvalue weighted by molar-refractivity contribution is -0.258. The zero-order valence-corrected chi connectivity index (χ0v) is 14.0. The second-order valence-corrected chi connectivity index (χ2v) is 7.23. The molecule has 2 bridgehead atoms. The lowest BCUT2D eigenvalue weighted by Crippen LogP contribution is -2.78. The Hall–Kier alpha value is -2.31. The van der Waals surface area contributed by atoms with Gasteiger partial charge in [-0.1, -0.05) is 36.4 Å². The number of nitrogens with zero attached hydrogens (tertiary/aromatic N) is 2. The first kappa shape index (κ1) is 16.2. The Morgan fingerprint density at radius 3 is 2.40 bits per heavy atom. The summed E-state index contributed by atoms with van der Waals surface area (Å²) >= 11 is 0. The van der Waals surface area contributed by atoms with E-state index in [1.165, 1.54) is 13.1 Å². The van der Waals surface area contributed by atoms with Crippen molar-refractivity contribution in [3.05, 3.63) is 47.5 Å². The number of amides is 3. The van der Waals surface area contributed by atoms with Gasteiger partial charge < -0.3 is 4.90 Å². The number of carbonyl (C=O) groups is 2. The summed E-state index contributed by atoms with van der Waals surface area (Å²) in [6, 6.07) is 4.85. The van der Waals surface area contributed by atoms with Gasteiger partial charge in [0, 0.05) is 25.4 Å². The first-order valence-corrected chi connectivity index (χ1v) is 7.99. The summed E-state index contributed by atoms with van der Waals surface area (Å²) in [7, 11) is 2.46. The number of likely N-dealkylation sites (N-methyl/N-ethyl adjacent to an activating group) is 1. The second-order valence-electron chi connectivity index (χ2n) is 7.23. The van der Waals surface area contributed by atoms with Gasteiger partial charge in [0.2, 0.25) is 5.91 Å². The SMILES string of the molecule is CN1C(=O)N(C)[C@H]2[C@@](C(F)(F)F)(C1=O)[C@@H]1C=C[C@@]2(C)c2ccccc21. The number of halogens is 3. The highest BCUT2D eigenvalue weighted by atomic mass is 19.4. The van der Waals surface area contributed by atoms with Crippen LogP contribution in [-0.4, -0.2) is 48.1 Å². The Bertz CT molecular complexity index is 834. The van der Waals surface area contributed by atoms with Crippen LogP contribution in [-0.2, 0) is 10.2 Å². The summed E-state index contributed by atoms with van der Waals surface area (Å²) in [6.07, 6.45) is -1.60. The molecule has 1 aromatic rings. The number of benzene rings is 1. The number of allylic oxidation sites excluding steroid dienone is 1. The molecule has 1 fully saturated rings. The molecular formula is C18H17F3N2O2. The third kappa shape index (κ3) is 1.55. The average molecular weight is 350 g/mol. The monoisotopic (exact) mass is 350 g/mol. The molecule has 25 heavy (non-hydrogen) atoms. The molecule has 0 aromatic heterocycles. The predicted octanol–water partition coefficient (Wildman–Crippen LogP) is 3.05. The highest BCUT2D eigenvalue weighted by molar-refractivity contribution is 6.02. The summed E-state index contributed by atoms with van der Waals surface area (Å²) in [4.78, 5) is 27.1. The van der Waals surface area contributed by atoms with Crippen LogP contribution in [0.15, 0.2) is 36.4 Å². The number of hydrogen-bond acceptors (Lipinski definition) is 2. The van der Waals surface area contributed by atoms with Gasteiger partial charge in [-0.05, 0) is 18.1 Å². The van der Waals surface area contributed by atoms with Gasteiger partial charge >= 0.3 is 12.2 Å². The lowest BCUT2D eigenvalue weighted by atomic mass is 9.47. The maximum absolute atomic E-state index is 14.5. The first-order valence-electron chi connectivity index (χ1n) is 7.99. The minimum Gasteiger partial charge on any atom is -0.322 e. The largest absolute Gasteiger partial charge is 0.406 e. The molecule has 1 heterocycles. The molecule has 1 saturated heterocycles. The van der Waals surface area contributed by atoms with Crippen LogP contribution in [0.2, 0.25) is 0 Å². The van der Waals surface area contributed by atoms with Crippen molar-refractivity contribution in [2.24, 2.45) is 5.41 Å². The van der Waals surface area contributed by atoms with E-state index in [-0.39, 0.29) is 0 Å². The van der Waals surface area contributed by atoms with Gasteiger partial charge in [0.05, 0.1) is 6.04 Å². The normalized spacial score (nSPS) is 36.6. The smallest absolute Gasteiger partial charge is 0.322 e. The molecule has 4 atom stereocenters. The number of imide groups is 1. The number of alkyl halides is 3. The molecule has 1 aromatic carbocycles. The van der Waals surface area contributed by atoms with Crippen molar-refractivity contribution in [1.29, 1.82) is 0 Å². The van der Waals surface area contributed by atoms with E-state index in [0.29, 0.717) is 10.5 Å². The Balaban J connectivity index is 2.13. The summed E-state index contributed by atoms with van der Waals surface area (Å²) in [5.41, 5.74) is -2.53. The van der Waals surface area contributed by atoms with Crippen molar-refractivity contribution >= 4 is 11.9 Å². The van der Waals surface area contributed by atoms with Crippen molar-refractivity contribution < 1.29 is 22.8 Å². The van der Waals surface area contributed by atoms with Gasteiger partial charge in [0.1, 0.15) is 0 Å². The van der Waals surface area contributed by atoms with E-state index in [1.54, 1.807) is 37.3 Å². The Morgan fingerprint density at radius 2 is 1.76 bits per heavy atom. The maximum Gasteiger partial charge on any atom is 0.406 e. The van der Waals surface area contributed by atoms with E-state index in [1.807, 2.05) is 0 Å². The van der Waals surface area contributed by atoms with Crippen molar-refractivity contribution in [1.82, 2.24) is 9.80 Å². The molecule has 0 spiro atoms. The van der Waals surface area contributed by atoms with Crippen molar-refractivity contribution in [3.8, 4) is 0 Å². The fourth-order valence-corrected chi connectivity index (χ4v) is 5.15. The van der Waals surface area contributed by atoms with Gasteiger partial charge in [-0.3, -0.25) is 9.69 Å². The molecule has 3 amide bonds. The van der Waals surface area contributed by atoms with Crippen molar-refractivity contribution in [2.75, 3.05) is 14.1 Å². The van der Waals surface area contributed by atoms with E-state index in [4.69, 9.17) is 0 Å². The van der Waals surface area contributed by atoms with Gasteiger partial charge in [0.25, 0.3) is 0 Å². The fraction of sp³-hybridized carbons (Fsp3) is 0.444. The summed E-state index contributed by atoms with van der Waals surface area (Å²) in [6.45, 7) is 1.67. The van der Waals surface area contributed by atoms with Gasteiger partial charge in [-0.15, -0.1) is 0 Å². The molecule has 5 rings (SSSR count). The molecule has 0 N–H and O–H groups in total. The van der Waals surface area contributed by atoms with Crippen LogP contribution in [0.3, 0.4) is 0 Å². The maximum atomic E-state index is 14.5. The van der Waals surface area contributed by atoms with Crippen LogP contribution in [0.1, 0.15) is 24.0 Å². The second kappa shape index (κ2) is 4.45. The minimum absolute atomic E-state index is 0.505. The molecular weight excluding hydrogens is 333 g/mol. The topological polar surface area (TPSA) is 40.6 Å². The van der Waals surface area contributed by atoms with E-state index in [9.17, 15) is 22.8 Å². The van der Waals surface area contributed by atoms with Gasteiger partial charge in [-0.2, -0.15) is 13.2 Å². The molecule has 3 aliphatic carbocycles. The molecule has 0 radical (unpaired) electrons. The number of urea groups is 1. The summed E-state index contributed by atoms with van der Waals surface area (Å²) < 4.78 is 43.5. The number of carbonyl (C=O) groups excluding carboxylic acids is 2. The van der Waals surface area contributed by atoms with Gasteiger partial charge in [0.15, 0.2) is 5.41 Å². The lowest BCUT2D eigenvalue weighted by Gasteiger charge is -2.63. The van der Waals surface area contributed by atoms with Gasteiger partial charge in [-0.25, -0.2) is 4.79 Å². The van der Waals surface area contributed by atoms with Crippen molar-refractivity contribution in [2.45, 2.75) is 30.5 Å². The average Bonchev–Trinajstić information content (AvgIpc) is 2.56. The molecule has 4 nitrogen and oxygen atoms in total. The van der Waals surface area contributed by atoms with Crippen LogP contribution in [0, 0.1) is 5.41 Å². The summed E-state index contributed by atoms with van der Waals surface area (Å²) in [5, 5.41) is 0. The molecule has 4 aliphatic rings.